The highest BCUT2D eigenvalue weighted by atomic mass is 16.5. The van der Waals surface area contributed by atoms with Gasteiger partial charge in [0.05, 0.1) is 12.1 Å². The molecule has 0 bridgehead atoms. The molecule has 0 heterocycles. The first kappa shape index (κ1) is 13.6. The van der Waals surface area contributed by atoms with Crippen molar-refractivity contribution < 1.29 is 14.6 Å². The van der Waals surface area contributed by atoms with E-state index in [1.165, 1.54) is 0 Å². The molecule has 2 atom stereocenters. The van der Waals surface area contributed by atoms with Crippen molar-refractivity contribution in [3.63, 3.8) is 0 Å². The first-order valence-corrected chi connectivity index (χ1v) is 6.57. The molecule has 1 amide bonds. The first-order valence-electron chi connectivity index (χ1n) is 6.57. The Balaban J connectivity index is 1.76. The fraction of sp³-hybridized carbons (Fsp3) is 0.400. The second-order valence-electron chi connectivity index (χ2n) is 4.70. The number of ether oxygens (including phenoxy) is 1. The number of benzene rings is 1. The predicted molar refractivity (Wildman–Crippen MR) is 72.5 cm³/mol. The lowest BCUT2D eigenvalue weighted by Crippen LogP contribution is -2.33. The summed E-state index contributed by atoms with van der Waals surface area (Å²) in [7, 11) is 0. The maximum Gasteiger partial charge on any atom is 0.407 e. The van der Waals surface area contributed by atoms with E-state index < -0.39 is 12.2 Å². The molecule has 1 aromatic rings. The Kier molecular flexibility index (Phi) is 4.98. The topological polar surface area (TPSA) is 58.6 Å². The molecule has 0 saturated carbocycles. The molecule has 0 aromatic heterocycles. The van der Waals surface area contributed by atoms with Crippen LogP contribution in [0.3, 0.4) is 0 Å². The van der Waals surface area contributed by atoms with E-state index in [9.17, 15) is 9.90 Å². The molecule has 0 radical (unpaired) electrons. The Morgan fingerprint density at radius 3 is 2.84 bits per heavy atom. The van der Waals surface area contributed by atoms with Crippen molar-refractivity contribution in [1.29, 1.82) is 0 Å². The van der Waals surface area contributed by atoms with Crippen LogP contribution in [0, 0.1) is 0 Å². The maximum atomic E-state index is 11.6. The van der Waals surface area contributed by atoms with Gasteiger partial charge in [0.1, 0.15) is 6.61 Å². The second kappa shape index (κ2) is 6.95. The molecule has 0 spiro atoms. The van der Waals surface area contributed by atoms with Crippen molar-refractivity contribution in [3.05, 3.63) is 48.0 Å². The first-order chi connectivity index (χ1) is 9.24. The average Bonchev–Trinajstić information content (AvgIpc) is 2.63. The highest BCUT2D eigenvalue weighted by molar-refractivity contribution is 5.67. The number of rotatable bonds is 3. The van der Waals surface area contributed by atoms with Crippen molar-refractivity contribution in [1.82, 2.24) is 5.32 Å². The molecule has 0 saturated heterocycles. The van der Waals surface area contributed by atoms with Crippen LogP contribution >= 0.6 is 0 Å². The van der Waals surface area contributed by atoms with Crippen molar-refractivity contribution in [2.75, 3.05) is 0 Å². The zero-order chi connectivity index (χ0) is 13.5. The van der Waals surface area contributed by atoms with Gasteiger partial charge in [0.2, 0.25) is 0 Å². The summed E-state index contributed by atoms with van der Waals surface area (Å²) in [6.45, 7) is 0.270. The summed E-state index contributed by atoms with van der Waals surface area (Å²) in [5, 5.41) is 12.3. The van der Waals surface area contributed by atoms with Gasteiger partial charge in [0.25, 0.3) is 0 Å². The fourth-order valence-corrected chi connectivity index (χ4v) is 2.04. The highest BCUT2D eigenvalue weighted by Crippen LogP contribution is 2.12. The largest absolute Gasteiger partial charge is 0.445 e. The van der Waals surface area contributed by atoms with E-state index in [4.69, 9.17) is 4.74 Å². The van der Waals surface area contributed by atoms with Gasteiger partial charge in [-0.05, 0) is 24.8 Å². The Labute approximate surface area is 113 Å². The van der Waals surface area contributed by atoms with Gasteiger partial charge in [0, 0.05) is 0 Å². The molecule has 1 aromatic carbocycles. The number of hydrogen-bond donors (Lipinski definition) is 2. The van der Waals surface area contributed by atoms with Gasteiger partial charge in [-0.3, -0.25) is 0 Å². The lowest BCUT2D eigenvalue weighted by atomic mass is 10.1. The summed E-state index contributed by atoms with van der Waals surface area (Å²) in [6.07, 6.45) is 5.21. The van der Waals surface area contributed by atoms with Gasteiger partial charge < -0.3 is 15.2 Å². The molecule has 102 valence electrons. The lowest BCUT2D eigenvalue weighted by molar-refractivity contribution is 0.137. The van der Waals surface area contributed by atoms with Crippen LogP contribution in [0.2, 0.25) is 0 Å². The maximum absolute atomic E-state index is 11.6. The number of carbonyl (C=O) groups excluding carboxylic acids is 1. The Bertz CT molecular complexity index is 430. The molecule has 0 aliphatic heterocycles. The summed E-state index contributed by atoms with van der Waals surface area (Å²) in [5.41, 5.74) is 0.962. The number of aliphatic hydroxyl groups excluding tert-OH is 1. The van der Waals surface area contributed by atoms with Crippen molar-refractivity contribution in [3.8, 4) is 0 Å². The van der Waals surface area contributed by atoms with Gasteiger partial charge in [0.15, 0.2) is 0 Å². The summed E-state index contributed by atoms with van der Waals surface area (Å²) in [5.74, 6) is 0. The minimum Gasteiger partial charge on any atom is -0.445 e. The second-order valence-corrected chi connectivity index (χ2v) is 4.70. The molecule has 1 aliphatic rings. The van der Waals surface area contributed by atoms with Gasteiger partial charge in [-0.2, -0.15) is 0 Å². The molecule has 4 nitrogen and oxygen atoms in total. The van der Waals surface area contributed by atoms with E-state index in [1.54, 1.807) is 6.08 Å². The molecule has 19 heavy (non-hydrogen) atoms. The third kappa shape index (κ3) is 4.75. The van der Waals surface area contributed by atoms with Crippen LogP contribution in [0.15, 0.2) is 42.5 Å². The van der Waals surface area contributed by atoms with E-state index in [0.717, 1.165) is 24.8 Å². The SMILES string of the molecule is O=C(N[C@@H]1C=C[C@H](O)CCC1)OCc1ccccc1. The number of alkyl carbamates (subject to hydrolysis) is 1. The van der Waals surface area contributed by atoms with Crippen molar-refractivity contribution in [2.45, 2.75) is 38.0 Å². The number of aliphatic hydroxyl groups is 1. The molecular formula is C15H19NO3. The monoisotopic (exact) mass is 261 g/mol. The normalized spacial score (nSPS) is 22.6. The van der Waals surface area contributed by atoms with Gasteiger partial charge in [-0.1, -0.05) is 42.5 Å². The third-order valence-electron chi connectivity index (χ3n) is 3.10. The summed E-state index contributed by atoms with van der Waals surface area (Å²) in [4.78, 5) is 11.6. The number of carbonyl (C=O) groups is 1. The number of amides is 1. The molecule has 2 N–H and O–H groups in total. The Morgan fingerprint density at radius 1 is 1.26 bits per heavy atom. The van der Waals surface area contributed by atoms with E-state index in [-0.39, 0.29) is 12.6 Å². The molecule has 1 aliphatic carbocycles. The fourth-order valence-electron chi connectivity index (χ4n) is 2.04. The van der Waals surface area contributed by atoms with Crippen LogP contribution in [-0.4, -0.2) is 23.3 Å². The molecule has 2 rings (SSSR count). The molecule has 0 fully saturated rings. The van der Waals surface area contributed by atoms with Crippen LogP contribution in [0.5, 0.6) is 0 Å². The van der Waals surface area contributed by atoms with Crippen LogP contribution in [0.4, 0.5) is 4.79 Å². The third-order valence-corrected chi connectivity index (χ3v) is 3.10. The minimum absolute atomic E-state index is 0.0552. The van der Waals surface area contributed by atoms with Crippen LogP contribution in [-0.2, 0) is 11.3 Å². The Hall–Kier alpha value is -1.81. The van der Waals surface area contributed by atoms with Gasteiger partial charge in [-0.25, -0.2) is 4.79 Å². The van der Waals surface area contributed by atoms with E-state index in [0.29, 0.717) is 0 Å². The molecule has 0 unspecified atom stereocenters. The van der Waals surface area contributed by atoms with E-state index in [1.807, 2.05) is 36.4 Å². The van der Waals surface area contributed by atoms with E-state index >= 15 is 0 Å². The van der Waals surface area contributed by atoms with Crippen molar-refractivity contribution in [2.24, 2.45) is 0 Å². The number of nitrogens with one attached hydrogen (secondary N) is 1. The lowest BCUT2D eigenvalue weighted by Gasteiger charge is -2.13. The average molecular weight is 261 g/mol. The van der Waals surface area contributed by atoms with E-state index in [2.05, 4.69) is 5.32 Å². The zero-order valence-electron chi connectivity index (χ0n) is 10.8. The summed E-state index contributed by atoms with van der Waals surface area (Å²) in [6, 6.07) is 9.51. The van der Waals surface area contributed by atoms with Crippen LogP contribution < -0.4 is 5.32 Å². The van der Waals surface area contributed by atoms with Crippen LogP contribution in [0.1, 0.15) is 24.8 Å². The predicted octanol–water partition coefficient (Wildman–Crippen LogP) is 2.38. The smallest absolute Gasteiger partial charge is 0.407 e. The highest BCUT2D eigenvalue weighted by Gasteiger charge is 2.14. The quantitative estimate of drug-likeness (QED) is 0.821. The van der Waals surface area contributed by atoms with Crippen molar-refractivity contribution >= 4 is 6.09 Å². The minimum atomic E-state index is -0.421. The zero-order valence-corrected chi connectivity index (χ0v) is 10.8. The summed E-state index contributed by atoms with van der Waals surface area (Å²) >= 11 is 0. The summed E-state index contributed by atoms with van der Waals surface area (Å²) < 4.78 is 5.15. The Morgan fingerprint density at radius 2 is 2.05 bits per heavy atom. The van der Waals surface area contributed by atoms with Gasteiger partial charge >= 0.3 is 6.09 Å². The van der Waals surface area contributed by atoms with Crippen LogP contribution in [0.25, 0.3) is 0 Å². The standard InChI is InChI=1S/C15H19NO3/c17-14-8-4-7-13(9-10-14)16-15(18)19-11-12-5-2-1-3-6-12/h1-3,5-6,9-10,13-14,17H,4,7-8,11H2,(H,16,18)/t13-,14+/m0/s1. The number of hydrogen-bond acceptors (Lipinski definition) is 3. The van der Waals surface area contributed by atoms with Gasteiger partial charge in [-0.15, -0.1) is 0 Å². The molecular weight excluding hydrogens is 242 g/mol. The molecule has 4 heteroatoms.